The van der Waals surface area contributed by atoms with Gasteiger partial charge in [-0.3, -0.25) is 0 Å². The Kier molecular flexibility index (Phi) is 6.93. The molecule has 1 saturated heterocycles. The summed E-state index contributed by atoms with van der Waals surface area (Å²) in [6.45, 7) is 2.28. The van der Waals surface area contributed by atoms with Gasteiger partial charge in [-0.1, -0.05) is 23.8 Å². The van der Waals surface area contributed by atoms with E-state index in [1.54, 1.807) is 4.31 Å². The summed E-state index contributed by atoms with van der Waals surface area (Å²) in [5.41, 5.74) is 2.98. The van der Waals surface area contributed by atoms with Crippen molar-refractivity contribution in [3.63, 3.8) is 0 Å². The monoisotopic (exact) mass is 357 g/mol. The zero-order valence-electron chi connectivity index (χ0n) is 14.8. The molecule has 0 bridgehead atoms. The second kappa shape index (κ2) is 8.34. The minimum atomic E-state index is -3.20. The van der Waals surface area contributed by atoms with E-state index in [0.29, 0.717) is 13.1 Å². The number of hydrogen-bond acceptors (Lipinski definition) is 3. The summed E-state index contributed by atoms with van der Waals surface area (Å²) in [5.74, 6) is 0.0846. The summed E-state index contributed by atoms with van der Waals surface area (Å²) < 4.78 is 26.6. The van der Waals surface area contributed by atoms with E-state index < -0.39 is 10.0 Å². The van der Waals surface area contributed by atoms with Gasteiger partial charge in [0.2, 0.25) is 10.0 Å². The van der Waals surface area contributed by atoms with Gasteiger partial charge in [-0.05, 0) is 44.3 Å². The number of rotatable bonds is 6. The van der Waals surface area contributed by atoms with Crippen LogP contribution >= 0.6 is 0 Å². The smallest absolute Gasteiger partial charge is 0.663 e. The van der Waals surface area contributed by atoms with Gasteiger partial charge in [-0.25, -0.2) is 12.7 Å². The Morgan fingerprint density at radius 3 is 2.58 bits per heavy atom. The predicted molar refractivity (Wildman–Crippen MR) is 93.0 cm³/mol. The molecule has 24 heavy (non-hydrogen) atoms. The molecule has 2 aromatic rings. The largest absolute Gasteiger partial charge is 1.00 e. The Morgan fingerprint density at radius 2 is 1.92 bits per heavy atom. The maximum Gasteiger partial charge on any atom is 1.00 e. The molecule has 0 aliphatic carbocycles. The molecule has 0 spiro atoms. The van der Waals surface area contributed by atoms with Gasteiger partial charge >= 0.3 is 29.6 Å². The SMILES string of the molecule is CN(C)CCc1c[n-]c2ccc(CS(=O)(=O)N3CCCC3)cc12.[Na+]. The van der Waals surface area contributed by atoms with Crippen LogP contribution in [0.25, 0.3) is 10.9 Å². The van der Waals surface area contributed by atoms with Gasteiger partial charge in [0, 0.05) is 19.6 Å². The number of likely N-dealkylation sites (N-methyl/N-ethyl adjacent to an activating group) is 1. The Labute approximate surface area is 166 Å². The van der Waals surface area contributed by atoms with Gasteiger partial charge in [0.25, 0.3) is 0 Å². The van der Waals surface area contributed by atoms with Gasteiger partial charge in [0.1, 0.15) is 0 Å². The van der Waals surface area contributed by atoms with E-state index in [4.69, 9.17) is 0 Å². The molecule has 1 aliphatic rings. The molecule has 5 nitrogen and oxygen atoms in total. The molecule has 126 valence electrons. The normalized spacial score (nSPS) is 16.0. The summed E-state index contributed by atoms with van der Waals surface area (Å²) in [6.07, 6.45) is 4.78. The first kappa shape index (κ1) is 19.9. The molecule has 0 N–H and O–H groups in total. The van der Waals surface area contributed by atoms with E-state index in [-0.39, 0.29) is 35.3 Å². The molecule has 0 unspecified atom stereocenters. The first-order chi connectivity index (χ1) is 11.0. The van der Waals surface area contributed by atoms with Crippen LogP contribution in [0.4, 0.5) is 0 Å². The molecule has 0 amide bonds. The summed E-state index contributed by atoms with van der Waals surface area (Å²) in [6, 6.07) is 5.82. The van der Waals surface area contributed by atoms with Crippen LogP contribution in [0.1, 0.15) is 24.0 Å². The summed E-state index contributed by atoms with van der Waals surface area (Å²) in [4.78, 5) is 6.57. The topological polar surface area (TPSA) is 54.7 Å². The zero-order chi connectivity index (χ0) is 16.4. The number of hydrogen-bond donors (Lipinski definition) is 0. The average Bonchev–Trinajstić information content (AvgIpc) is 3.14. The number of benzene rings is 1. The molecule has 0 saturated carbocycles. The van der Waals surface area contributed by atoms with Crippen LogP contribution in [0, 0.1) is 0 Å². The fourth-order valence-electron chi connectivity index (χ4n) is 3.07. The van der Waals surface area contributed by atoms with E-state index in [1.165, 1.54) is 5.56 Å². The third kappa shape index (κ3) is 4.62. The van der Waals surface area contributed by atoms with Crippen molar-refractivity contribution < 1.29 is 38.0 Å². The van der Waals surface area contributed by atoms with Crippen LogP contribution in [0.3, 0.4) is 0 Å². The van der Waals surface area contributed by atoms with Gasteiger partial charge in [-0.2, -0.15) is 6.20 Å². The van der Waals surface area contributed by atoms with Gasteiger partial charge in [0.15, 0.2) is 0 Å². The minimum Gasteiger partial charge on any atom is -0.663 e. The molecular weight excluding hydrogens is 333 g/mol. The van der Waals surface area contributed by atoms with Crippen molar-refractivity contribution in [2.24, 2.45) is 0 Å². The van der Waals surface area contributed by atoms with Gasteiger partial charge in [0.05, 0.1) is 5.75 Å². The van der Waals surface area contributed by atoms with Crippen LogP contribution in [-0.4, -0.2) is 51.4 Å². The number of fused-ring (bicyclic) bond motifs is 1. The molecule has 0 radical (unpaired) electrons. The molecular formula is C17H24N3NaO2S. The van der Waals surface area contributed by atoms with E-state index in [9.17, 15) is 8.42 Å². The van der Waals surface area contributed by atoms with Crippen molar-refractivity contribution in [3.8, 4) is 0 Å². The van der Waals surface area contributed by atoms with Crippen molar-refractivity contribution in [2.45, 2.75) is 25.0 Å². The molecule has 3 rings (SSSR count). The van der Waals surface area contributed by atoms with Crippen LogP contribution in [0.5, 0.6) is 0 Å². The molecule has 1 fully saturated rings. The Morgan fingerprint density at radius 1 is 1.21 bits per heavy atom. The molecule has 2 heterocycles. The van der Waals surface area contributed by atoms with Crippen LogP contribution in [0.2, 0.25) is 0 Å². The van der Waals surface area contributed by atoms with E-state index in [0.717, 1.165) is 42.3 Å². The average molecular weight is 357 g/mol. The Hall–Kier alpha value is -0.370. The molecule has 1 aromatic heterocycles. The van der Waals surface area contributed by atoms with Crippen molar-refractivity contribution in [1.82, 2.24) is 14.2 Å². The van der Waals surface area contributed by atoms with Crippen molar-refractivity contribution in [3.05, 3.63) is 35.5 Å². The molecule has 1 aromatic carbocycles. The summed E-state index contributed by atoms with van der Waals surface area (Å²) in [5, 5.41) is 1.08. The maximum absolute atomic E-state index is 12.5. The maximum atomic E-state index is 12.5. The quantitative estimate of drug-likeness (QED) is 0.612. The summed E-state index contributed by atoms with van der Waals surface area (Å²) in [7, 11) is 0.898. The third-order valence-corrected chi connectivity index (χ3v) is 6.25. The standard InChI is InChI=1S/C17H24N3O2S.Na/c1-19(2)10-7-15-12-18-17-6-5-14(11-16(15)17)13-23(21,22)20-8-3-4-9-20;/h5-6,11-12H,3-4,7-10,13H2,1-2H3;/q-1;+1. The first-order valence-electron chi connectivity index (χ1n) is 8.11. The van der Waals surface area contributed by atoms with Crippen LogP contribution in [-0.2, 0) is 22.2 Å². The predicted octanol–water partition coefficient (Wildman–Crippen LogP) is -1.17. The Balaban J connectivity index is 0.00000208. The molecule has 7 heteroatoms. The Bertz CT molecular complexity index is 780. The minimum absolute atomic E-state index is 0. The van der Waals surface area contributed by atoms with Crippen molar-refractivity contribution >= 4 is 20.9 Å². The summed E-state index contributed by atoms with van der Waals surface area (Å²) >= 11 is 0. The number of aromatic nitrogens is 1. The fraction of sp³-hybridized carbons (Fsp3) is 0.529. The third-order valence-electron chi connectivity index (χ3n) is 4.40. The van der Waals surface area contributed by atoms with Crippen LogP contribution < -0.4 is 34.5 Å². The molecule has 1 aliphatic heterocycles. The second-order valence-corrected chi connectivity index (χ2v) is 8.52. The van der Waals surface area contributed by atoms with Crippen molar-refractivity contribution in [2.75, 3.05) is 33.7 Å². The number of sulfonamides is 1. The van der Waals surface area contributed by atoms with E-state index in [2.05, 4.69) is 9.88 Å². The molecule has 0 atom stereocenters. The van der Waals surface area contributed by atoms with Crippen molar-refractivity contribution in [1.29, 1.82) is 0 Å². The fourth-order valence-corrected chi connectivity index (χ4v) is 4.67. The first-order valence-corrected chi connectivity index (χ1v) is 9.72. The van der Waals surface area contributed by atoms with E-state index in [1.807, 2.05) is 38.5 Å². The van der Waals surface area contributed by atoms with Crippen LogP contribution in [0.15, 0.2) is 24.4 Å². The van der Waals surface area contributed by atoms with Gasteiger partial charge in [-0.15, -0.1) is 5.52 Å². The second-order valence-electron chi connectivity index (χ2n) is 6.55. The van der Waals surface area contributed by atoms with E-state index >= 15 is 0 Å². The van der Waals surface area contributed by atoms with Gasteiger partial charge < -0.3 is 9.88 Å². The zero-order valence-corrected chi connectivity index (χ0v) is 17.6. The number of nitrogens with zero attached hydrogens (tertiary/aromatic N) is 3.